The van der Waals surface area contributed by atoms with E-state index in [9.17, 15) is 9.90 Å². The predicted octanol–water partition coefficient (Wildman–Crippen LogP) is 0.0451. The van der Waals surface area contributed by atoms with Gasteiger partial charge in [-0.2, -0.15) is 0 Å². The van der Waals surface area contributed by atoms with Crippen LogP contribution in [0.2, 0.25) is 0 Å². The number of aromatic nitrogens is 3. The first-order chi connectivity index (χ1) is 11.1. The van der Waals surface area contributed by atoms with Crippen molar-refractivity contribution < 1.29 is 10.1 Å². The van der Waals surface area contributed by atoms with Crippen molar-refractivity contribution in [2.45, 2.75) is 25.3 Å². The molecular weight excluding hydrogens is 314 g/mol. The van der Waals surface area contributed by atoms with Crippen LogP contribution in [0.25, 0.3) is 0 Å². The molecule has 1 saturated heterocycles. The second-order valence-corrected chi connectivity index (χ2v) is 5.89. The number of hydrogen-bond acceptors (Lipinski definition) is 5. The van der Waals surface area contributed by atoms with Crippen LogP contribution in [0.1, 0.15) is 36.4 Å². The SMILES string of the molecule is O=c1[nH]c(=S)[nH]c([O-])c1C=N[NH+]1CCCCC1c1cccnc1. The average molecular weight is 331 g/mol. The van der Waals surface area contributed by atoms with Gasteiger partial charge in [0.1, 0.15) is 12.6 Å². The molecule has 1 fully saturated rings. The highest BCUT2D eigenvalue weighted by Gasteiger charge is 2.27. The largest absolute Gasteiger partial charge is 0.860 e. The van der Waals surface area contributed by atoms with Crippen molar-refractivity contribution >= 4 is 18.4 Å². The van der Waals surface area contributed by atoms with E-state index in [1.807, 2.05) is 18.3 Å². The number of nitrogens with one attached hydrogen (secondary N) is 3. The molecule has 2 aromatic heterocycles. The quantitative estimate of drug-likeness (QED) is 0.546. The molecule has 3 rings (SSSR count). The molecule has 7 nitrogen and oxygen atoms in total. The second kappa shape index (κ2) is 6.84. The zero-order valence-electron chi connectivity index (χ0n) is 12.4. The highest BCUT2D eigenvalue weighted by molar-refractivity contribution is 7.71. The normalized spacial score (nSPS) is 21.6. The van der Waals surface area contributed by atoms with Gasteiger partial charge in [-0.25, -0.2) is 5.01 Å². The monoisotopic (exact) mass is 331 g/mol. The van der Waals surface area contributed by atoms with E-state index >= 15 is 0 Å². The lowest BCUT2D eigenvalue weighted by molar-refractivity contribution is -0.943. The Morgan fingerprint density at radius 3 is 3.04 bits per heavy atom. The zero-order chi connectivity index (χ0) is 16.2. The van der Waals surface area contributed by atoms with Crippen molar-refractivity contribution in [3.05, 3.63) is 50.8 Å². The van der Waals surface area contributed by atoms with E-state index in [2.05, 4.69) is 20.1 Å². The highest BCUT2D eigenvalue weighted by Crippen LogP contribution is 2.18. The molecule has 23 heavy (non-hydrogen) atoms. The standard InChI is InChI=1S/C15H17N5O2S/c21-13-11(14(22)19-15(23)18-13)9-17-20-7-2-1-5-12(20)10-4-3-6-16-8-10/h3-4,6,8-9,12H,1-2,5,7H2,(H3,18,19,21,22,23). The maximum atomic E-state index is 11.8. The van der Waals surface area contributed by atoms with Gasteiger partial charge in [-0.15, -0.1) is 0 Å². The minimum Gasteiger partial charge on any atom is -0.860 e. The summed E-state index contributed by atoms with van der Waals surface area (Å²) in [7, 11) is 0. The zero-order valence-corrected chi connectivity index (χ0v) is 13.2. The molecule has 2 unspecified atom stereocenters. The van der Waals surface area contributed by atoms with Crippen LogP contribution < -0.4 is 15.7 Å². The Morgan fingerprint density at radius 2 is 2.30 bits per heavy atom. The van der Waals surface area contributed by atoms with Gasteiger partial charge in [0.2, 0.25) is 0 Å². The Morgan fingerprint density at radius 1 is 1.43 bits per heavy atom. The van der Waals surface area contributed by atoms with Crippen LogP contribution in [0.5, 0.6) is 5.88 Å². The van der Waals surface area contributed by atoms with Gasteiger partial charge >= 0.3 is 0 Å². The number of pyridine rings is 1. The molecule has 120 valence electrons. The van der Waals surface area contributed by atoms with Crippen molar-refractivity contribution in [2.75, 3.05) is 6.54 Å². The molecule has 0 bridgehead atoms. The minimum absolute atomic E-state index is 0.0238. The summed E-state index contributed by atoms with van der Waals surface area (Å²) in [5, 5.41) is 17.3. The molecule has 0 amide bonds. The van der Waals surface area contributed by atoms with E-state index in [1.54, 1.807) is 6.20 Å². The molecule has 1 aliphatic heterocycles. The smallest absolute Gasteiger partial charge is 0.260 e. The van der Waals surface area contributed by atoms with Gasteiger partial charge in [-0.3, -0.25) is 14.8 Å². The summed E-state index contributed by atoms with van der Waals surface area (Å²) >= 11 is 4.77. The molecule has 0 aliphatic carbocycles. The van der Waals surface area contributed by atoms with Gasteiger partial charge in [0.05, 0.1) is 11.8 Å². The molecular formula is C15H17N5O2S. The van der Waals surface area contributed by atoms with Crippen LogP contribution in [0, 0.1) is 4.77 Å². The van der Waals surface area contributed by atoms with Gasteiger partial charge in [0.25, 0.3) is 5.56 Å². The van der Waals surface area contributed by atoms with Crippen LogP contribution in [0.3, 0.4) is 0 Å². The Hall–Kier alpha value is -2.32. The molecule has 2 atom stereocenters. The van der Waals surface area contributed by atoms with Gasteiger partial charge in [0, 0.05) is 24.4 Å². The third-order valence-corrected chi connectivity index (χ3v) is 4.17. The summed E-state index contributed by atoms with van der Waals surface area (Å²) in [5.74, 6) is -0.517. The third-order valence-electron chi connectivity index (χ3n) is 3.97. The summed E-state index contributed by atoms with van der Waals surface area (Å²) in [4.78, 5) is 20.8. The Bertz CT molecular complexity index is 815. The van der Waals surface area contributed by atoms with E-state index in [0.717, 1.165) is 36.4 Å². The van der Waals surface area contributed by atoms with Crippen molar-refractivity contribution in [2.24, 2.45) is 5.10 Å². The summed E-state index contributed by atoms with van der Waals surface area (Å²) < 4.78 is 0.0238. The molecule has 0 aromatic carbocycles. The third kappa shape index (κ3) is 3.54. The Labute approximate surface area is 137 Å². The number of piperidine rings is 1. The summed E-state index contributed by atoms with van der Waals surface area (Å²) in [6.07, 6.45) is 8.11. The van der Waals surface area contributed by atoms with Crippen LogP contribution >= 0.6 is 12.2 Å². The number of H-pyrrole nitrogens is 2. The van der Waals surface area contributed by atoms with Crippen molar-refractivity contribution in [1.29, 1.82) is 0 Å². The van der Waals surface area contributed by atoms with Gasteiger partial charge in [-0.05, 0) is 43.1 Å². The van der Waals surface area contributed by atoms with Crippen molar-refractivity contribution in [3.8, 4) is 5.88 Å². The van der Waals surface area contributed by atoms with E-state index in [4.69, 9.17) is 12.2 Å². The minimum atomic E-state index is -0.517. The molecule has 0 saturated carbocycles. The summed E-state index contributed by atoms with van der Waals surface area (Å²) in [6.45, 7) is 0.852. The fourth-order valence-corrected chi connectivity index (χ4v) is 3.02. The lowest BCUT2D eigenvalue weighted by atomic mass is 9.98. The van der Waals surface area contributed by atoms with Crippen LogP contribution in [0.4, 0.5) is 0 Å². The maximum absolute atomic E-state index is 11.8. The first-order valence-electron chi connectivity index (χ1n) is 7.48. The molecule has 0 radical (unpaired) electrons. The van der Waals surface area contributed by atoms with E-state index in [0.29, 0.717) is 0 Å². The van der Waals surface area contributed by atoms with Crippen molar-refractivity contribution in [3.63, 3.8) is 0 Å². The average Bonchev–Trinajstić information content (AvgIpc) is 2.55. The number of quaternary nitrogens is 1. The maximum Gasteiger partial charge on any atom is 0.260 e. The van der Waals surface area contributed by atoms with Gasteiger partial charge < -0.3 is 10.1 Å². The van der Waals surface area contributed by atoms with E-state index in [1.165, 1.54) is 6.21 Å². The fraction of sp³-hybridized carbons (Fsp3) is 0.333. The van der Waals surface area contributed by atoms with Crippen LogP contribution in [0.15, 0.2) is 34.4 Å². The van der Waals surface area contributed by atoms with E-state index in [-0.39, 0.29) is 16.4 Å². The topological polar surface area (TPSA) is 101 Å². The first kappa shape index (κ1) is 15.6. The van der Waals surface area contributed by atoms with Crippen LogP contribution in [-0.4, -0.2) is 27.7 Å². The van der Waals surface area contributed by atoms with Crippen LogP contribution in [-0.2, 0) is 0 Å². The predicted molar refractivity (Wildman–Crippen MR) is 85.9 cm³/mol. The molecule has 3 heterocycles. The molecule has 3 N–H and O–H groups in total. The number of rotatable bonds is 3. The number of nitrogens with zero attached hydrogens (tertiary/aromatic N) is 2. The highest BCUT2D eigenvalue weighted by atomic mass is 32.1. The molecule has 0 spiro atoms. The second-order valence-electron chi connectivity index (χ2n) is 5.49. The van der Waals surface area contributed by atoms with E-state index < -0.39 is 11.4 Å². The lowest BCUT2D eigenvalue weighted by Crippen LogP contribution is -3.08. The number of hydrogen-bond donors (Lipinski definition) is 3. The first-order valence-corrected chi connectivity index (χ1v) is 7.89. The lowest BCUT2D eigenvalue weighted by Gasteiger charge is -2.27. The van der Waals surface area contributed by atoms with Crippen molar-refractivity contribution in [1.82, 2.24) is 15.0 Å². The molecule has 8 heteroatoms. The van der Waals surface area contributed by atoms with Gasteiger partial charge in [-0.1, -0.05) is 5.10 Å². The molecule has 2 aromatic rings. The summed E-state index contributed by atoms with van der Waals surface area (Å²) in [5.41, 5.74) is 0.571. The van der Waals surface area contributed by atoms with Gasteiger partial charge in [0.15, 0.2) is 4.77 Å². The Kier molecular flexibility index (Phi) is 4.63. The molecule has 1 aliphatic rings. The Balaban J connectivity index is 1.88. The summed E-state index contributed by atoms with van der Waals surface area (Å²) in [6, 6.07) is 4.12. The fourth-order valence-electron chi connectivity index (χ4n) is 2.83. The number of aromatic amines is 2.